The van der Waals surface area contributed by atoms with Gasteiger partial charge in [0, 0.05) is 25.1 Å². The second-order valence-electron chi connectivity index (χ2n) is 8.64. The summed E-state index contributed by atoms with van der Waals surface area (Å²) in [5.41, 5.74) is 2.26. The molecule has 0 amide bonds. The number of phenols is 1. The van der Waals surface area contributed by atoms with Crippen LogP contribution in [0.1, 0.15) is 31.9 Å². The van der Waals surface area contributed by atoms with E-state index in [2.05, 4.69) is 19.2 Å². The van der Waals surface area contributed by atoms with Gasteiger partial charge in [0.15, 0.2) is 0 Å². The number of hydrogen-bond acceptors (Lipinski definition) is 5. The van der Waals surface area contributed by atoms with Crippen LogP contribution < -0.4 is 5.32 Å². The molecule has 0 radical (unpaired) electrons. The van der Waals surface area contributed by atoms with Crippen LogP contribution in [0.15, 0.2) is 54.6 Å². The molecule has 0 aliphatic rings. The standard InChI is InChI=1S/C26H37NO4/c1-20(2)17-31-21(3)18-30-19-25(14-23-9-11-26(29)12-10-23)27-15-24(16-28)13-22-7-5-4-6-8-22/h4-12,16,20-21,24-25,27,29H,13-15,17-19H2,1-3H3. The summed E-state index contributed by atoms with van der Waals surface area (Å²) >= 11 is 0. The van der Waals surface area contributed by atoms with E-state index >= 15 is 0 Å². The monoisotopic (exact) mass is 427 g/mol. The van der Waals surface area contributed by atoms with Crippen molar-refractivity contribution in [1.29, 1.82) is 0 Å². The van der Waals surface area contributed by atoms with Gasteiger partial charge in [0.2, 0.25) is 0 Å². The molecule has 0 saturated carbocycles. The van der Waals surface area contributed by atoms with E-state index in [1.165, 1.54) is 0 Å². The van der Waals surface area contributed by atoms with E-state index in [0.29, 0.717) is 32.1 Å². The number of aromatic hydroxyl groups is 1. The van der Waals surface area contributed by atoms with Gasteiger partial charge in [0.25, 0.3) is 0 Å². The number of hydrogen-bond donors (Lipinski definition) is 2. The number of aldehydes is 1. The first-order valence-corrected chi connectivity index (χ1v) is 11.2. The Morgan fingerprint density at radius 2 is 1.58 bits per heavy atom. The fourth-order valence-corrected chi connectivity index (χ4v) is 3.29. The molecule has 0 aliphatic heterocycles. The summed E-state index contributed by atoms with van der Waals surface area (Å²) in [4.78, 5) is 11.6. The van der Waals surface area contributed by atoms with Crippen molar-refractivity contribution in [3.8, 4) is 5.75 Å². The summed E-state index contributed by atoms with van der Waals surface area (Å²) in [7, 11) is 0. The number of phenolic OH excluding ortho intramolecular Hbond substituents is 1. The Labute approximate surface area is 186 Å². The Balaban J connectivity index is 1.89. The van der Waals surface area contributed by atoms with Gasteiger partial charge in [-0.3, -0.25) is 0 Å². The molecule has 0 aromatic heterocycles. The molecular formula is C26H37NO4. The lowest BCUT2D eigenvalue weighted by Gasteiger charge is -2.22. The summed E-state index contributed by atoms with van der Waals surface area (Å²) in [6, 6.07) is 17.3. The Bertz CT molecular complexity index is 733. The molecule has 0 spiro atoms. The average molecular weight is 428 g/mol. The highest BCUT2D eigenvalue weighted by Gasteiger charge is 2.15. The Kier molecular flexibility index (Phi) is 11.3. The minimum Gasteiger partial charge on any atom is -0.508 e. The van der Waals surface area contributed by atoms with Gasteiger partial charge in [0.05, 0.1) is 19.3 Å². The highest BCUT2D eigenvalue weighted by atomic mass is 16.5. The van der Waals surface area contributed by atoms with E-state index in [-0.39, 0.29) is 23.8 Å². The van der Waals surface area contributed by atoms with Crippen molar-refractivity contribution >= 4 is 6.29 Å². The molecule has 3 unspecified atom stereocenters. The van der Waals surface area contributed by atoms with Crippen LogP contribution in [0.2, 0.25) is 0 Å². The predicted molar refractivity (Wildman–Crippen MR) is 124 cm³/mol. The SMILES string of the molecule is CC(C)COC(C)COCC(Cc1ccc(O)cc1)NCC(C=O)Cc1ccccc1. The van der Waals surface area contributed by atoms with Gasteiger partial charge in [-0.2, -0.15) is 0 Å². The molecule has 0 saturated heterocycles. The molecule has 2 aromatic carbocycles. The van der Waals surface area contributed by atoms with E-state index in [1.54, 1.807) is 12.1 Å². The first-order valence-electron chi connectivity index (χ1n) is 11.2. The summed E-state index contributed by atoms with van der Waals surface area (Å²) in [5.74, 6) is 0.652. The van der Waals surface area contributed by atoms with Gasteiger partial charge >= 0.3 is 0 Å². The number of carbonyl (C=O) groups excluding carboxylic acids is 1. The summed E-state index contributed by atoms with van der Waals surface area (Å²) in [6.07, 6.45) is 2.53. The molecule has 0 fully saturated rings. The number of ether oxygens (including phenoxy) is 2. The minimum atomic E-state index is -0.0991. The Hall–Kier alpha value is -2.21. The molecule has 2 aromatic rings. The van der Waals surface area contributed by atoms with Gasteiger partial charge in [-0.1, -0.05) is 56.3 Å². The van der Waals surface area contributed by atoms with Crippen LogP contribution in [-0.4, -0.2) is 49.9 Å². The summed E-state index contributed by atoms with van der Waals surface area (Å²) in [5, 5.41) is 13.1. The summed E-state index contributed by atoms with van der Waals surface area (Å²) in [6.45, 7) is 8.64. The maximum absolute atomic E-state index is 11.6. The van der Waals surface area contributed by atoms with Crippen molar-refractivity contribution in [2.24, 2.45) is 11.8 Å². The predicted octanol–water partition coefficient (Wildman–Crippen LogP) is 4.03. The molecule has 2 N–H and O–H groups in total. The van der Waals surface area contributed by atoms with Crippen LogP contribution >= 0.6 is 0 Å². The van der Waals surface area contributed by atoms with E-state index in [1.807, 2.05) is 49.4 Å². The van der Waals surface area contributed by atoms with E-state index in [9.17, 15) is 9.90 Å². The van der Waals surface area contributed by atoms with Crippen LogP contribution in [0.3, 0.4) is 0 Å². The number of nitrogens with one attached hydrogen (secondary N) is 1. The lowest BCUT2D eigenvalue weighted by molar-refractivity contribution is -0.111. The van der Waals surface area contributed by atoms with Crippen LogP contribution in [-0.2, 0) is 27.1 Å². The smallest absolute Gasteiger partial charge is 0.124 e. The third kappa shape index (κ3) is 10.6. The van der Waals surface area contributed by atoms with E-state index in [4.69, 9.17) is 9.47 Å². The topological polar surface area (TPSA) is 67.8 Å². The molecule has 170 valence electrons. The number of carbonyl (C=O) groups is 1. The first kappa shape index (κ1) is 25.1. The zero-order valence-corrected chi connectivity index (χ0v) is 19.0. The van der Waals surface area contributed by atoms with Gasteiger partial charge in [0.1, 0.15) is 12.0 Å². The third-order valence-corrected chi connectivity index (χ3v) is 5.01. The molecule has 0 aliphatic carbocycles. The maximum Gasteiger partial charge on any atom is 0.124 e. The highest BCUT2D eigenvalue weighted by Crippen LogP contribution is 2.13. The van der Waals surface area contributed by atoms with Crippen molar-refractivity contribution in [1.82, 2.24) is 5.32 Å². The van der Waals surface area contributed by atoms with Crippen molar-refractivity contribution in [2.45, 2.75) is 45.8 Å². The zero-order valence-electron chi connectivity index (χ0n) is 19.0. The van der Waals surface area contributed by atoms with Crippen LogP contribution in [0, 0.1) is 11.8 Å². The van der Waals surface area contributed by atoms with Crippen LogP contribution in [0.4, 0.5) is 0 Å². The average Bonchev–Trinajstić information content (AvgIpc) is 2.77. The molecule has 5 heteroatoms. The van der Waals surface area contributed by atoms with Crippen molar-refractivity contribution in [3.63, 3.8) is 0 Å². The fourth-order valence-electron chi connectivity index (χ4n) is 3.29. The minimum absolute atomic E-state index is 0.0394. The van der Waals surface area contributed by atoms with Gasteiger partial charge in [-0.05, 0) is 48.9 Å². The third-order valence-electron chi connectivity index (χ3n) is 5.01. The lowest BCUT2D eigenvalue weighted by Crippen LogP contribution is -2.40. The zero-order chi connectivity index (χ0) is 22.5. The van der Waals surface area contributed by atoms with Gasteiger partial charge in [-0.15, -0.1) is 0 Å². The van der Waals surface area contributed by atoms with Crippen molar-refractivity contribution < 1.29 is 19.4 Å². The second kappa shape index (κ2) is 14.0. The van der Waals surface area contributed by atoms with E-state index in [0.717, 1.165) is 30.4 Å². The van der Waals surface area contributed by atoms with Crippen molar-refractivity contribution in [2.75, 3.05) is 26.4 Å². The summed E-state index contributed by atoms with van der Waals surface area (Å²) < 4.78 is 11.7. The Morgan fingerprint density at radius 3 is 2.23 bits per heavy atom. The molecule has 2 rings (SSSR count). The molecule has 31 heavy (non-hydrogen) atoms. The Morgan fingerprint density at radius 1 is 0.903 bits per heavy atom. The van der Waals surface area contributed by atoms with Gasteiger partial charge < -0.3 is 24.7 Å². The quantitative estimate of drug-likeness (QED) is 0.420. The molecular weight excluding hydrogens is 390 g/mol. The maximum atomic E-state index is 11.6. The van der Waals surface area contributed by atoms with Crippen LogP contribution in [0.25, 0.3) is 0 Å². The molecule has 5 nitrogen and oxygen atoms in total. The normalized spacial score (nSPS) is 14.3. The number of rotatable bonds is 15. The largest absolute Gasteiger partial charge is 0.508 e. The van der Waals surface area contributed by atoms with E-state index < -0.39 is 0 Å². The van der Waals surface area contributed by atoms with Gasteiger partial charge in [-0.25, -0.2) is 0 Å². The number of benzene rings is 2. The second-order valence-corrected chi connectivity index (χ2v) is 8.64. The first-order chi connectivity index (χ1) is 15.0. The molecule has 3 atom stereocenters. The van der Waals surface area contributed by atoms with Crippen LogP contribution in [0.5, 0.6) is 5.75 Å². The lowest BCUT2D eigenvalue weighted by atomic mass is 9.99. The van der Waals surface area contributed by atoms with Crippen molar-refractivity contribution in [3.05, 3.63) is 65.7 Å². The highest BCUT2D eigenvalue weighted by molar-refractivity contribution is 5.54. The molecule has 0 heterocycles. The fraction of sp³-hybridized carbons (Fsp3) is 0.500. The molecule has 0 bridgehead atoms.